The lowest BCUT2D eigenvalue weighted by atomic mass is 9.87. The summed E-state index contributed by atoms with van der Waals surface area (Å²) in [6.07, 6.45) is 1.93. The van der Waals surface area contributed by atoms with Crippen LogP contribution in [0, 0.1) is 5.41 Å². The molecule has 0 bridgehead atoms. The van der Waals surface area contributed by atoms with Crippen LogP contribution in [0.1, 0.15) is 47.8 Å². The molecular weight excluding hydrogens is 282 g/mol. The molecule has 2 aromatic rings. The lowest BCUT2D eigenvalue weighted by Gasteiger charge is -2.29. The molecule has 0 unspecified atom stereocenters. The van der Waals surface area contributed by atoms with Gasteiger partial charge in [-0.2, -0.15) is 0 Å². The lowest BCUT2D eigenvalue weighted by molar-refractivity contribution is 0.0734. The molecule has 1 aliphatic heterocycles. The predicted octanol–water partition coefficient (Wildman–Crippen LogP) is 4.47. The van der Waals surface area contributed by atoms with E-state index in [1.165, 1.54) is 16.7 Å². The molecule has 1 amide bonds. The first kappa shape index (κ1) is 15.8. The monoisotopic (exact) mass is 307 g/mol. The van der Waals surface area contributed by atoms with Crippen molar-refractivity contribution in [2.45, 2.75) is 40.2 Å². The minimum absolute atomic E-state index is 0.148. The van der Waals surface area contributed by atoms with E-state index in [0.717, 1.165) is 31.5 Å². The third kappa shape index (κ3) is 3.82. The maximum atomic E-state index is 12.9. The number of amides is 1. The Morgan fingerprint density at radius 2 is 1.78 bits per heavy atom. The summed E-state index contributed by atoms with van der Waals surface area (Å²) >= 11 is 0. The van der Waals surface area contributed by atoms with Gasteiger partial charge >= 0.3 is 0 Å². The first-order valence-electron chi connectivity index (χ1n) is 8.37. The maximum absolute atomic E-state index is 12.9. The molecule has 0 spiro atoms. The fourth-order valence-electron chi connectivity index (χ4n) is 3.28. The first-order chi connectivity index (χ1) is 10.9. The zero-order valence-corrected chi connectivity index (χ0v) is 14.3. The van der Waals surface area contributed by atoms with Gasteiger partial charge in [-0.3, -0.25) is 4.79 Å². The van der Waals surface area contributed by atoms with Crippen LogP contribution in [0.5, 0.6) is 0 Å². The van der Waals surface area contributed by atoms with E-state index in [-0.39, 0.29) is 11.3 Å². The van der Waals surface area contributed by atoms with Crippen LogP contribution in [-0.2, 0) is 19.4 Å². The van der Waals surface area contributed by atoms with E-state index < -0.39 is 0 Å². The molecule has 0 radical (unpaired) electrons. The second kappa shape index (κ2) is 6.19. The van der Waals surface area contributed by atoms with E-state index in [1.54, 1.807) is 0 Å². The van der Waals surface area contributed by atoms with Crippen molar-refractivity contribution in [3.63, 3.8) is 0 Å². The number of hydrogen-bond acceptors (Lipinski definition) is 1. The highest BCUT2D eigenvalue weighted by Crippen LogP contribution is 2.23. The molecule has 2 nitrogen and oxygen atoms in total. The zero-order valence-electron chi connectivity index (χ0n) is 14.3. The van der Waals surface area contributed by atoms with E-state index in [4.69, 9.17) is 0 Å². The van der Waals surface area contributed by atoms with Gasteiger partial charge in [-0.25, -0.2) is 0 Å². The number of nitrogens with zero attached hydrogens (tertiary/aromatic N) is 1. The van der Waals surface area contributed by atoms with Gasteiger partial charge in [0, 0.05) is 18.7 Å². The molecule has 0 aliphatic carbocycles. The van der Waals surface area contributed by atoms with E-state index in [0.29, 0.717) is 0 Å². The third-order valence-electron chi connectivity index (χ3n) is 4.33. The van der Waals surface area contributed by atoms with Crippen LogP contribution in [0.15, 0.2) is 48.5 Å². The van der Waals surface area contributed by atoms with Crippen LogP contribution in [0.25, 0.3) is 0 Å². The zero-order chi connectivity index (χ0) is 16.4. The van der Waals surface area contributed by atoms with E-state index in [1.807, 2.05) is 17.0 Å². The summed E-state index contributed by atoms with van der Waals surface area (Å²) in [5.41, 5.74) is 4.93. The fraction of sp³-hybridized carbons (Fsp3) is 0.381. The molecule has 2 heteroatoms. The molecule has 0 aromatic heterocycles. The Morgan fingerprint density at radius 3 is 2.52 bits per heavy atom. The molecule has 120 valence electrons. The first-order valence-corrected chi connectivity index (χ1v) is 8.37. The van der Waals surface area contributed by atoms with Crippen molar-refractivity contribution in [1.82, 2.24) is 4.90 Å². The number of carbonyl (C=O) groups excluding carboxylic acids is 1. The van der Waals surface area contributed by atoms with Crippen LogP contribution in [0.3, 0.4) is 0 Å². The van der Waals surface area contributed by atoms with Gasteiger partial charge in [0.25, 0.3) is 5.91 Å². The normalized spacial score (nSPS) is 14.5. The van der Waals surface area contributed by atoms with Crippen molar-refractivity contribution < 1.29 is 4.79 Å². The van der Waals surface area contributed by atoms with Crippen molar-refractivity contribution in [1.29, 1.82) is 0 Å². The number of benzene rings is 2. The van der Waals surface area contributed by atoms with Crippen LogP contribution in [-0.4, -0.2) is 17.4 Å². The minimum atomic E-state index is 0.148. The molecule has 2 aromatic carbocycles. The SMILES string of the molecule is CC(C)(C)Cc1cccc(C(=O)N2CCc3ccccc3C2)c1. The average Bonchev–Trinajstić information content (AvgIpc) is 2.52. The van der Waals surface area contributed by atoms with Gasteiger partial charge < -0.3 is 4.90 Å². The molecule has 0 N–H and O–H groups in total. The molecule has 0 atom stereocenters. The summed E-state index contributed by atoms with van der Waals surface area (Å²) in [5, 5.41) is 0. The molecule has 0 fully saturated rings. The van der Waals surface area contributed by atoms with Gasteiger partial charge in [-0.15, -0.1) is 0 Å². The Kier molecular flexibility index (Phi) is 4.25. The molecule has 0 saturated heterocycles. The Bertz CT molecular complexity index is 712. The number of carbonyl (C=O) groups is 1. The third-order valence-corrected chi connectivity index (χ3v) is 4.33. The molecule has 3 rings (SSSR count). The second-order valence-corrected chi connectivity index (χ2v) is 7.68. The highest BCUT2D eigenvalue weighted by Gasteiger charge is 2.22. The summed E-state index contributed by atoms with van der Waals surface area (Å²) in [5.74, 6) is 0.148. The van der Waals surface area contributed by atoms with Crippen molar-refractivity contribution >= 4 is 5.91 Å². The number of fused-ring (bicyclic) bond motifs is 1. The van der Waals surface area contributed by atoms with Gasteiger partial charge in [0.05, 0.1) is 0 Å². The summed E-state index contributed by atoms with van der Waals surface area (Å²) in [4.78, 5) is 14.8. The average molecular weight is 307 g/mol. The predicted molar refractivity (Wildman–Crippen MR) is 94.5 cm³/mol. The van der Waals surface area contributed by atoms with Crippen molar-refractivity contribution in [3.8, 4) is 0 Å². The highest BCUT2D eigenvalue weighted by atomic mass is 16.2. The van der Waals surface area contributed by atoms with Crippen molar-refractivity contribution in [2.24, 2.45) is 5.41 Å². The smallest absolute Gasteiger partial charge is 0.254 e. The van der Waals surface area contributed by atoms with Gasteiger partial charge in [0.15, 0.2) is 0 Å². The summed E-state index contributed by atoms with van der Waals surface area (Å²) in [7, 11) is 0. The molecule has 23 heavy (non-hydrogen) atoms. The largest absolute Gasteiger partial charge is 0.334 e. The van der Waals surface area contributed by atoms with Crippen LogP contribution in [0.4, 0.5) is 0 Å². The van der Waals surface area contributed by atoms with E-state index >= 15 is 0 Å². The van der Waals surface area contributed by atoms with E-state index in [2.05, 4.69) is 57.2 Å². The van der Waals surface area contributed by atoms with Gasteiger partial charge in [-0.05, 0) is 47.1 Å². The maximum Gasteiger partial charge on any atom is 0.254 e. The van der Waals surface area contributed by atoms with E-state index in [9.17, 15) is 4.79 Å². The van der Waals surface area contributed by atoms with Gasteiger partial charge in [0.2, 0.25) is 0 Å². The quantitative estimate of drug-likeness (QED) is 0.801. The van der Waals surface area contributed by atoms with Crippen molar-refractivity contribution in [2.75, 3.05) is 6.54 Å². The number of rotatable bonds is 2. The summed E-state index contributed by atoms with van der Waals surface area (Å²) in [6.45, 7) is 8.20. The second-order valence-electron chi connectivity index (χ2n) is 7.68. The van der Waals surface area contributed by atoms with Gasteiger partial charge in [0.1, 0.15) is 0 Å². The number of hydrogen-bond donors (Lipinski definition) is 0. The Hall–Kier alpha value is -2.09. The van der Waals surface area contributed by atoms with Crippen LogP contribution >= 0.6 is 0 Å². The van der Waals surface area contributed by atoms with Crippen molar-refractivity contribution in [3.05, 3.63) is 70.8 Å². The summed E-state index contributed by atoms with van der Waals surface area (Å²) < 4.78 is 0. The topological polar surface area (TPSA) is 20.3 Å². The molecular formula is C21H25NO. The van der Waals surface area contributed by atoms with Crippen LogP contribution in [0.2, 0.25) is 0 Å². The fourth-order valence-corrected chi connectivity index (χ4v) is 3.28. The Balaban J connectivity index is 1.78. The summed E-state index contributed by atoms with van der Waals surface area (Å²) in [6, 6.07) is 16.6. The molecule has 1 aliphatic rings. The standard InChI is InChI=1S/C21H25NO/c1-21(2,3)14-16-7-6-10-18(13-16)20(23)22-12-11-17-8-4-5-9-19(17)15-22/h4-10,13H,11-12,14-15H2,1-3H3. The van der Waals surface area contributed by atoms with Crippen LogP contribution < -0.4 is 0 Å². The molecule has 1 heterocycles. The molecule has 0 saturated carbocycles. The van der Waals surface area contributed by atoms with Gasteiger partial charge in [-0.1, -0.05) is 57.2 Å². The Morgan fingerprint density at radius 1 is 1.04 bits per heavy atom. The highest BCUT2D eigenvalue weighted by molar-refractivity contribution is 5.94. The lowest BCUT2D eigenvalue weighted by Crippen LogP contribution is -2.36. The minimum Gasteiger partial charge on any atom is -0.334 e. The Labute approximate surface area is 139 Å².